The summed E-state index contributed by atoms with van der Waals surface area (Å²) in [4.78, 5) is 26.0. The van der Waals surface area contributed by atoms with Crippen LogP contribution in [0, 0.1) is 5.92 Å². The van der Waals surface area contributed by atoms with E-state index in [-0.39, 0.29) is 5.78 Å². The van der Waals surface area contributed by atoms with Crippen molar-refractivity contribution in [3.8, 4) is 10.7 Å². The number of piperidine rings is 1. The summed E-state index contributed by atoms with van der Waals surface area (Å²) < 4.78 is 0.462. The van der Waals surface area contributed by atoms with Crippen molar-refractivity contribution < 1.29 is 4.79 Å². The molecule has 36 heavy (non-hydrogen) atoms. The number of pyridine rings is 1. The average molecular weight is 609 g/mol. The Morgan fingerprint density at radius 2 is 1.83 bits per heavy atom. The molecule has 0 aliphatic carbocycles. The Morgan fingerprint density at radius 1 is 1.03 bits per heavy atom. The van der Waals surface area contributed by atoms with Crippen LogP contribution < -0.4 is 5.32 Å². The van der Waals surface area contributed by atoms with Crippen LogP contribution in [0.3, 0.4) is 0 Å². The molecule has 0 radical (unpaired) electrons. The fraction of sp³-hybridized carbons (Fsp3) is 0.276. The minimum atomic E-state index is 0.216. The normalized spacial score (nSPS) is 18.1. The van der Waals surface area contributed by atoms with Crippen LogP contribution in [0.4, 0.5) is 11.4 Å². The van der Waals surface area contributed by atoms with Gasteiger partial charge < -0.3 is 5.32 Å². The zero-order valence-electron chi connectivity index (χ0n) is 20.0. The fourth-order valence-electron chi connectivity index (χ4n) is 4.64. The maximum absolute atomic E-state index is 13.1. The number of hydrogen-bond donors (Lipinski definition) is 1. The Hall–Kier alpha value is -2.62. The van der Waals surface area contributed by atoms with Gasteiger partial charge in [0.25, 0.3) is 0 Å². The quantitative estimate of drug-likeness (QED) is 0.0919. The Bertz CT molecular complexity index is 1280. The second-order valence-electron chi connectivity index (χ2n) is 9.14. The number of anilines is 2. The van der Waals surface area contributed by atoms with Crippen molar-refractivity contribution in [1.29, 1.82) is 0 Å². The second kappa shape index (κ2) is 12.1. The molecule has 1 saturated heterocycles. The summed E-state index contributed by atoms with van der Waals surface area (Å²) in [5, 5.41) is 4.38. The topological polar surface area (TPSA) is 58.1 Å². The summed E-state index contributed by atoms with van der Waals surface area (Å²) in [6.45, 7) is 1.97. The van der Waals surface area contributed by atoms with E-state index < -0.39 is 0 Å². The highest BCUT2D eigenvalue weighted by atomic mass is 127. The predicted octanol–water partition coefficient (Wildman–Crippen LogP) is 7.58. The predicted molar refractivity (Wildman–Crippen MR) is 156 cm³/mol. The van der Waals surface area contributed by atoms with Gasteiger partial charge in [0.1, 0.15) is 5.01 Å². The molecule has 0 bridgehead atoms. The van der Waals surface area contributed by atoms with E-state index in [0.717, 1.165) is 60.0 Å². The van der Waals surface area contributed by atoms with E-state index in [4.69, 9.17) is 0 Å². The van der Waals surface area contributed by atoms with E-state index >= 15 is 0 Å². The highest BCUT2D eigenvalue weighted by Crippen LogP contribution is 2.33. The number of thiazole rings is 1. The third-order valence-corrected chi connectivity index (χ3v) is 8.91. The summed E-state index contributed by atoms with van der Waals surface area (Å²) >= 11 is 4.30. The number of rotatable bonds is 9. The van der Waals surface area contributed by atoms with Crippen molar-refractivity contribution in [2.75, 3.05) is 11.9 Å². The zero-order chi connectivity index (χ0) is 24.7. The van der Waals surface area contributed by atoms with Gasteiger partial charge in [-0.2, -0.15) is 0 Å². The van der Waals surface area contributed by atoms with Crippen molar-refractivity contribution in [2.45, 2.75) is 36.3 Å². The number of carbonyl (C=O) groups excluding carboxylic acids is 1. The van der Waals surface area contributed by atoms with Gasteiger partial charge in [-0.05, 0) is 68.1 Å². The van der Waals surface area contributed by atoms with Crippen LogP contribution in [0.2, 0.25) is 0 Å². The Balaban J connectivity index is 1.13. The molecule has 1 aliphatic rings. The van der Waals surface area contributed by atoms with Gasteiger partial charge in [0.2, 0.25) is 0 Å². The molecule has 4 aromatic rings. The maximum atomic E-state index is 13.1. The molecule has 5 nitrogen and oxygen atoms in total. The van der Waals surface area contributed by atoms with Crippen LogP contribution in [-0.2, 0) is 6.54 Å². The fourth-order valence-corrected chi connectivity index (χ4v) is 6.75. The van der Waals surface area contributed by atoms with Crippen molar-refractivity contribution >= 4 is 51.1 Å². The van der Waals surface area contributed by atoms with Crippen LogP contribution in [0.25, 0.3) is 10.7 Å². The molecule has 0 spiro atoms. The lowest BCUT2D eigenvalue weighted by molar-refractivity contribution is 0.0960. The maximum Gasteiger partial charge on any atom is 0.164 e. The molecule has 0 saturated carbocycles. The lowest BCUT2D eigenvalue weighted by Gasteiger charge is -2.36. The molecule has 3 heterocycles. The van der Waals surface area contributed by atoms with Crippen molar-refractivity contribution in [1.82, 2.24) is 14.9 Å². The molecule has 2 aromatic carbocycles. The first-order valence-corrected chi connectivity index (χ1v) is 14.4. The molecule has 1 N–H and O–H groups in total. The molecule has 1 fully saturated rings. The van der Waals surface area contributed by atoms with Crippen molar-refractivity contribution in [3.05, 3.63) is 95.6 Å². The largest absolute Gasteiger partial charge is 0.355 e. The molecule has 7 heteroatoms. The highest BCUT2D eigenvalue weighted by molar-refractivity contribution is 14.1. The van der Waals surface area contributed by atoms with Crippen molar-refractivity contribution in [2.24, 2.45) is 5.92 Å². The molecule has 5 rings (SSSR count). The average Bonchev–Trinajstić information content (AvgIpc) is 3.39. The molecule has 184 valence electrons. The number of benzene rings is 2. The van der Waals surface area contributed by atoms with Gasteiger partial charge in [0.15, 0.2) is 5.78 Å². The molecule has 0 amide bonds. The van der Waals surface area contributed by atoms with Gasteiger partial charge in [0, 0.05) is 47.2 Å². The summed E-state index contributed by atoms with van der Waals surface area (Å²) in [5.74, 6) is 0.792. The first kappa shape index (κ1) is 25.0. The summed E-state index contributed by atoms with van der Waals surface area (Å²) in [7, 11) is 0. The molecule has 2 atom stereocenters. The Kier molecular flexibility index (Phi) is 8.40. The molecule has 2 aromatic heterocycles. The number of para-hydroxylation sites is 2. The van der Waals surface area contributed by atoms with Crippen LogP contribution in [0.1, 0.15) is 40.9 Å². The van der Waals surface area contributed by atoms with Gasteiger partial charge in [-0.15, -0.1) is 11.3 Å². The summed E-state index contributed by atoms with van der Waals surface area (Å²) in [6, 6.07) is 23.8. The van der Waals surface area contributed by atoms with Crippen LogP contribution in [0.15, 0.2) is 85.2 Å². The third kappa shape index (κ3) is 6.38. The number of hydrogen-bond acceptors (Lipinski definition) is 6. The lowest BCUT2D eigenvalue weighted by atomic mass is 9.90. The second-order valence-corrected chi connectivity index (χ2v) is 11.7. The molecule has 1 aliphatic heterocycles. The van der Waals surface area contributed by atoms with Gasteiger partial charge >= 0.3 is 0 Å². The van der Waals surface area contributed by atoms with Crippen LogP contribution in [-0.4, -0.2) is 31.2 Å². The number of alkyl halides is 1. The smallest absolute Gasteiger partial charge is 0.164 e. The van der Waals surface area contributed by atoms with E-state index in [2.05, 4.69) is 42.8 Å². The lowest BCUT2D eigenvalue weighted by Crippen LogP contribution is -2.38. The SMILES string of the molecule is O=C(CCC1CCN(Cc2cnc(-c3ccccn3)s2)C(I)C1)c1ccccc1Nc1ccccc1. The standard InChI is InChI=1S/C29H29IN4OS/c30-28-18-21(15-17-34(28)20-23-19-32-29(36-23)26-12-6-7-16-31-26)13-14-27(35)24-10-4-5-11-25(24)33-22-8-2-1-3-9-22/h1-12,16,19,21,28,33H,13-15,17-18,20H2. The number of carbonyl (C=O) groups is 1. The van der Waals surface area contributed by atoms with Gasteiger partial charge in [-0.1, -0.05) is 59.0 Å². The number of Topliss-reactive ketones (excluding diaryl/α,β-unsaturated/α-hetero) is 1. The van der Waals surface area contributed by atoms with Gasteiger partial charge in [-0.25, -0.2) is 4.98 Å². The van der Waals surface area contributed by atoms with Crippen LogP contribution in [0.5, 0.6) is 0 Å². The summed E-state index contributed by atoms with van der Waals surface area (Å²) in [6.07, 6.45) is 7.57. The van der Waals surface area contributed by atoms with Crippen molar-refractivity contribution in [3.63, 3.8) is 0 Å². The van der Waals surface area contributed by atoms with Gasteiger partial charge in [-0.3, -0.25) is 14.7 Å². The van der Waals surface area contributed by atoms with E-state index in [1.54, 1.807) is 11.3 Å². The minimum absolute atomic E-state index is 0.216. The van der Waals surface area contributed by atoms with E-state index in [1.807, 2.05) is 85.2 Å². The Morgan fingerprint density at radius 3 is 2.64 bits per heavy atom. The van der Waals surface area contributed by atoms with Crippen LogP contribution >= 0.6 is 33.9 Å². The highest BCUT2D eigenvalue weighted by Gasteiger charge is 2.27. The number of nitrogens with zero attached hydrogens (tertiary/aromatic N) is 3. The third-order valence-electron chi connectivity index (χ3n) is 6.61. The molecule has 2 unspecified atom stereocenters. The number of nitrogens with one attached hydrogen (secondary N) is 1. The monoisotopic (exact) mass is 608 g/mol. The Labute approximate surface area is 230 Å². The van der Waals surface area contributed by atoms with Gasteiger partial charge in [0.05, 0.1) is 9.74 Å². The van der Waals surface area contributed by atoms with E-state index in [9.17, 15) is 4.79 Å². The number of halogens is 1. The first-order valence-electron chi connectivity index (χ1n) is 12.3. The van der Waals surface area contributed by atoms with E-state index in [0.29, 0.717) is 16.4 Å². The minimum Gasteiger partial charge on any atom is -0.355 e. The van der Waals surface area contributed by atoms with E-state index in [1.165, 1.54) is 4.88 Å². The number of likely N-dealkylation sites (tertiary alicyclic amines) is 1. The summed E-state index contributed by atoms with van der Waals surface area (Å²) in [5.41, 5.74) is 3.58. The first-order chi connectivity index (χ1) is 17.7. The number of aromatic nitrogens is 2. The molecular formula is C29H29IN4OS. The number of ketones is 1. The zero-order valence-corrected chi connectivity index (χ0v) is 23.0. The molecular weight excluding hydrogens is 579 g/mol.